The third-order valence-corrected chi connectivity index (χ3v) is 3.62. The Hall–Kier alpha value is -2.43. The SMILES string of the molecule is CCc1ccc(/C=N\NC(=O)c2cc(C3CC3)[nH]n2)cc1. The molecule has 1 fully saturated rings. The summed E-state index contributed by atoms with van der Waals surface area (Å²) in [7, 11) is 0. The first-order chi connectivity index (χ1) is 10.3. The molecule has 21 heavy (non-hydrogen) atoms. The molecule has 1 aromatic heterocycles. The van der Waals surface area contributed by atoms with Crippen molar-refractivity contribution < 1.29 is 4.79 Å². The highest BCUT2D eigenvalue weighted by Gasteiger charge is 2.26. The van der Waals surface area contributed by atoms with Gasteiger partial charge in [-0.15, -0.1) is 0 Å². The second-order valence-corrected chi connectivity index (χ2v) is 5.28. The highest BCUT2D eigenvalue weighted by atomic mass is 16.2. The zero-order chi connectivity index (χ0) is 14.7. The fraction of sp³-hybridized carbons (Fsp3) is 0.312. The van der Waals surface area contributed by atoms with E-state index in [4.69, 9.17) is 0 Å². The summed E-state index contributed by atoms with van der Waals surface area (Å²) in [6, 6.07) is 9.87. The van der Waals surface area contributed by atoms with Crippen molar-refractivity contribution in [3.05, 3.63) is 52.8 Å². The zero-order valence-corrected chi connectivity index (χ0v) is 12.0. The number of H-pyrrole nitrogens is 1. The lowest BCUT2D eigenvalue weighted by Crippen LogP contribution is -2.18. The molecule has 0 saturated heterocycles. The maximum absolute atomic E-state index is 11.9. The van der Waals surface area contributed by atoms with Crippen LogP contribution < -0.4 is 5.43 Å². The molecule has 0 unspecified atom stereocenters. The average Bonchev–Trinajstić information content (AvgIpc) is 3.25. The van der Waals surface area contributed by atoms with Gasteiger partial charge in [-0.25, -0.2) is 5.43 Å². The van der Waals surface area contributed by atoms with Gasteiger partial charge in [0.2, 0.25) is 0 Å². The Bertz CT molecular complexity index is 653. The Morgan fingerprint density at radius 3 is 2.86 bits per heavy atom. The maximum Gasteiger partial charge on any atom is 0.291 e. The Labute approximate surface area is 123 Å². The third kappa shape index (κ3) is 3.37. The van der Waals surface area contributed by atoms with Crippen molar-refractivity contribution in [2.24, 2.45) is 5.10 Å². The van der Waals surface area contributed by atoms with Gasteiger partial charge >= 0.3 is 0 Å². The van der Waals surface area contributed by atoms with E-state index in [9.17, 15) is 4.79 Å². The van der Waals surface area contributed by atoms with Crippen molar-refractivity contribution in [2.45, 2.75) is 32.1 Å². The van der Waals surface area contributed by atoms with Crippen LogP contribution in [-0.2, 0) is 6.42 Å². The van der Waals surface area contributed by atoms with Gasteiger partial charge in [0.25, 0.3) is 5.91 Å². The molecule has 5 nitrogen and oxygen atoms in total. The summed E-state index contributed by atoms with van der Waals surface area (Å²) < 4.78 is 0. The molecule has 2 N–H and O–H groups in total. The van der Waals surface area contributed by atoms with Crippen LogP contribution in [0.4, 0.5) is 0 Å². The van der Waals surface area contributed by atoms with Crippen molar-refractivity contribution in [3.63, 3.8) is 0 Å². The Kier molecular flexibility index (Phi) is 3.81. The van der Waals surface area contributed by atoms with Crippen LogP contribution in [0.2, 0.25) is 0 Å². The van der Waals surface area contributed by atoms with E-state index in [0.717, 1.165) is 17.7 Å². The summed E-state index contributed by atoms with van der Waals surface area (Å²) in [5.41, 5.74) is 6.15. The lowest BCUT2D eigenvalue weighted by molar-refractivity contribution is 0.0950. The lowest BCUT2D eigenvalue weighted by atomic mass is 10.1. The molecule has 0 spiro atoms. The van der Waals surface area contributed by atoms with E-state index in [2.05, 4.69) is 39.8 Å². The van der Waals surface area contributed by atoms with Crippen LogP contribution in [0.5, 0.6) is 0 Å². The van der Waals surface area contributed by atoms with Crippen LogP contribution in [0.3, 0.4) is 0 Å². The van der Waals surface area contributed by atoms with E-state index in [-0.39, 0.29) is 5.91 Å². The first-order valence-corrected chi connectivity index (χ1v) is 7.24. The van der Waals surface area contributed by atoms with Gasteiger partial charge < -0.3 is 0 Å². The summed E-state index contributed by atoms with van der Waals surface area (Å²) in [6.07, 6.45) is 4.99. The highest BCUT2D eigenvalue weighted by Crippen LogP contribution is 2.38. The maximum atomic E-state index is 11.9. The first-order valence-electron chi connectivity index (χ1n) is 7.24. The minimum atomic E-state index is -0.292. The number of hydrazone groups is 1. The normalized spacial score (nSPS) is 14.5. The van der Waals surface area contributed by atoms with Gasteiger partial charge in [-0.3, -0.25) is 9.89 Å². The zero-order valence-electron chi connectivity index (χ0n) is 12.0. The molecule has 5 heteroatoms. The van der Waals surface area contributed by atoms with E-state index in [1.807, 2.05) is 12.1 Å². The molecule has 2 aromatic rings. The van der Waals surface area contributed by atoms with Gasteiger partial charge in [0, 0.05) is 11.6 Å². The minimum absolute atomic E-state index is 0.292. The van der Waals surface area contributed by atoms with Crippen molar-refractivity contribution >= 4 is 12.1 Å². The van der Waals surface area contributed by atoms with E-state index >= 15 is 0 Å². The number of rotatable bonds is 5. The molecule has 0 aliphatic heterocycles. The van der Waals surface area contributed by atoms with Crippen molar-refractivity contribution in [1.29, 1.82) is 0 Å². The van der Waals surface area contributed by atoms with E-state index in [1.54, 1.807) is 12.3 Å². The molecule has 0 atom stereocenters. The quantitative estimate of drug-likeness (QED) is 0.653. The van der Waals surface area contributed by atoms with Gasteiger partial charge in [0.15, 0.2) is 5.69 Å². The molecule has 1 aliphatic rings. The van der Waals surface area contributed by atoms with Crippen LogP contribution in [0, 0.1) is 0 Å². The third-order valence-electron chi connectivity index (χ3n) is 3.62. The number of carbonyl (C=O) groups is 1. The Morgan fingerprint density at radius 2 is 2.19 bits per heavy atom. The van der Waals surface area contributed by atoms with Gasteiger partial charge in [-0.05, 0) is 36.5 Å². The summed E-state index contributed by atoms with van der Waals surface area (Å²) in [6.45, 7) is 2.11. The topological polar surface area (TPSA) is 70.1 Å². The molecule has 1 aromatic carbocycles. The molecule has 108 valence electrons. The van der Waals surface area contributed by atoms with E-state index in [1.165, 1.54) is 18.4 Å². The summed E-state index contributed by atoms with van der Waals surface area (Å²) in [5, 5.41) is 10.9. The molecule has 1 saturated carbocycles. The minimum Gasteiger partial charge on any atom is -0.281 e. The lowest BCUT2D eigenvalue weighted by Gasteiger charge is -1.97. The molecule has 1 aliphatic carbocycles. The Balaban J connectivity index is 1.57. The number of nitrogens with zero attached hydrogens (tertiary/aromatic N) is 2. The van der Waals surface area contributed by atoms with Crippen LogP contribution in [0.1, 0.15) is 53.0 Å². The molecule has 1 amide bonds. The standard InChI is InChI=1S/C16H18N4O/c1-2-11-3-5-12(6-4-11)10-17-20-16(21)15-9-14(18-19-15)13-7-8-13/h3-6,9-10,13H,2,7-8H2,1H3,(H,18,19)(H,20,21)/b17-10-. The summed E-state index contributed by atoms with van der Waals surface area (Å²) in [5.74, 6) is 0.263. The molecule has 1 heterocycles. The number of hydrogen-bond acceptors (Lipinski definition) is 3. The van der Waals surface area contributed by atoms with E-state index < -0.39 is 0 Å². The molecular weight excluding hydrogens is 264 g/mol. The highest BCUT2D eigenvalue weighted by molar-refractivity contribution is 5.93. The predicted molar refractivity (Wildman–Crippen MR) is 81.4 cm³/mol. The number of nitrogens with one attached hydrogen (secondary N) is 2. The average molecular weight is 282 g/mol. The van der Waals surface area contributed by atoms with Gasteiger partial charge in [0.05, 0.1) is 6.21 Å². The van der Waals surface area contributed by atoms with Crippen molar-refractivity contribution in [3.8, 4) is 0 Å². The largest absolute Gasteiger partial charge is 0.291 e. The number of aryl methyl sites for hydroxylation is 1. The predicted octanol–water partition coefficient (Wildman–Crippen LogP) is 2.61. The fourth-order valence-corrected chi connectivity index (χ4v) is 2.12. The van der Waals surface area contributed by atoms with Crippen LogP contribution in [-0.4, -0.2) is 22.3 Å². The number of aromatic amines is 1. The number of benzene rings is 1. The first kappa shape index (κ1) is 13.5. The summed E-state index contributed by atoms with van der Waals surface area (Å²) in [4.78, 5) is 11.9. The molecule has 3 rings (SSSR count). The smallest absolute Gasteiger partial charge is 0.281 e. The summed E-state index contributed by atoms with van der Waals surface area (Å²) >= 11 is 0. The van der Waals surface area contributed by atoms with Crippen molar-refractivity contribution in [1.82, 2.24) is 15.6 Å². The van der Waals surface area contributed by atoms with Crippen molar-refractivity contribution in [2.75, 3.05) is 0 Å². The van der Waals surface area contributed by atoms with Gasteiger partial charge in [0.1, 0.15) is 0 Å². The second-order valence-electron chi connectivity index (χ2n) is 5.28. The van der Waals surface area contributed by atoms with Crippen LogP contribution >= 0.6 is 0 Å². The number of carbonyl (C=O) groups excluding carboxylic acids is 1. The fourth-order valence-electron chi connectivity index (χ4n) is 2.12. The number of hydrogen-bond donors (Lipinski definition) is 2. The molecular formula is C16H18N4O. The second kappa shape index (κ2) is 5.91. The van der Waals surface area contributed by atoms with Gasteiger partial charge in [-0.2, -0.15) is 10.2 Å². The number of amides is 1. The Morgan fingerprint density at radius 1 is 1.43 bits per heavy atom. The molecule has 0 bridgehead atoms. The van der Waals surface area contributed by atoms with E-state index in [0.29, 0.717) is 11.6 Å². The monoisotopic (exact) mass is 282 g/mol. The van der Waals surface area contributed by atoms with Crippen LogP contribution in [0.15, 0.2) is 35.4 Å². The van der Waals surface area contributed by atoms with Gasteiger partial charge in [-0.1, -0.05) is 31.2 Å². The number of aromatic nitrogens is 2. The molecule has 0 radical (unpaired) electrons. The van der Waals surface area contributed by atoms with Crippen LogP contribution in [0.25, 0.3) is 0 Å².